The Kier molecular flexibility index (Phi) is 8.37. The number of aryl methyl sites for hydroxylation is 1. The Balaban J connectivity index is 0.000000537. The van der Waals surface area contributed by atoms with Gasteiger partial charge in [-0.05, 0) is 61.4 Å². The molecule has 0 aliphatic heterocycles. The number of hydrogen-bond acceptors (Lipinski definition) is 3. The van der Waals surface area contributed by atoms with Crippen LogP contribution in [0.5, 0.6) is 0 Å². The van der Waals surface area contributed by atoms with Gasteiger partial charge in [0.05, 0.1) is 11.9 Å². The number of unbranched alkanes of at least 4 members (excludes halogenated alkanes) is 2. The van der Waals surface area contributed by atoms with Crippen molar-refractivity contribution in [3.05, 3.63) is 64.4 Å². The monoisotopic (exact) mass is 396 g/mol. The summed E-state index contributed by atoms with van der Waals surface area (Å²) in [7, 11) is 0. The lowest BCUT2D eigenvalue weighted by Gasteiger charge is -2.12. The van der Waals surface area contributed by atoms with Gasteiger partial charge in [0.15, 0.2) is 0 Å². The third kappa shape index (κ3) is 5.89. The Morgan fingerprint density at radius 3 is 2.48 bits per heavy atom. The highest BCUT2D eigenvalue weighted by atomic mass is 19.1. The van der Waals surface area contributed by atoms with Gasteiger partial charge in [-0.15, -0.1) is 0 Å². The number of aromatic nitrogens is 2. The predicted octanol–water partition coefficient (Wildman–Crippen LogP) is 6.35. The molecule has 4 N–H and O–H groups in total. The molecule has 5 heteroatoms. The van der Waals surface area contributed by atoms with Crippen LogP contribution in [0, 0.1) is 18.2 Å². The molecule has 1 aromatic heterocycles. The summed E-state index contributed by atoms with van der Waals surface area (Å²) in [5.74, 6) is 0.219. The molecule has 1 heterocycles. The highest BCUT2D eigenvalue weighted by molar-refractivity contribution is 6.10. The molecule has 29 heavy (non-hydrogen) atoms. The zero-order chi connectivity index (χ0) is 21.4. The number of nitrogens with zero attached hydrogens (tertiary/aromatic N) is 1. The third-order valence-electron chi connectivity index (χ3n) is 5.09. The first-order chi connectivity index (χ1) is 13.9. The van der Waals surface area contributed by atoms with Gasteiger partial charge in [-0.3, -0.25) is 5.10 Å². The molecular weight excluding hydrogens is 363 g/mol. The molecule has 1 aromatic carbocycles. The summed E-state index contributed by atoms with van der Waals surface area (Å²) in [4.78, 5) is 0. The minimum Gasteiger partial charge on any atom is -0.398 e. The normalized spacial score (nSPS) is 14.7. The molecule has 1 saturated carbocycles. The third-order valence-corrected chi connectivity index (χ3v) is 5.09. The number of H-pyrrole nitrogens is 1. The molecule has 4 nitrogen and oxygen atoms in total. The van der Waals surface area contributed by atoms with Crippen molar-refractivity contribution in [2.75, 3.05) is 0 Å². The Morgan fingerprint density at radius 2 is 2.00 bits per heavy atom. The van der Waals surface area contributed by atoms with Crippen LogP contribution in [0.2, 0.25) is 0 Å². The Morgan fingerprint density at radius 1 is 1.31 bits per heavy atom. The molecule has 0 unspecified atom stereocenters. The minimum atomic E-state index is -0.227. The topological polar surface area (TPSA) is 78.5 Å². The minimum absolute atomic E-state index is 0.227. The average Bonchev–Trinajstić information content (AvgIpc) is 3.46. The van der Waals surface area contributed by atoms with Gasteiger partial charge in [0, 0.05) is 23.0 Å². The first-order valence-corrected chi connectivity index (χ1v) is 10.4. The average molecular weight is 397 g/mol. The number of aromatic amines is 1. The van der Waals surface area contributed by atoms with Gasteiger partial charge in [-0.2, -0.15) is 5.10 Å². The Labute approximate surface area is 173 Å². The van der Waals surface area contributed by atoms with E-state index in [0.717, 1.165) is 29.5 Å². The van der Waals surface area contributed by atoms with Crippen molar-refractivity contribution in [3.8, 4) is 0 Å². The molecule has 1 aliphatic carbocycles. The van der Waals surface area contributed by atoms with Crippen molar-refractivity contribution in [3.63, 3.8) is 0 Å². The molecule has 2 aromatic rings. The van der Waals surface area contributed by atoms with Crippen LogP contribution in [-0.4, -0.2) is 16.4 Å². The summed E-state index contributed by atoms with van der Waals surface area (Å²) in [6.07, 6.45) is 10.9. The van der Waals surface area contributed by atoms with E-state index in [4.69, 9.17) is 11.1 Å². The van der Waals surface area contributed by atoms with Gasteiger partial charge in [0.1, 0.15) is 5.82 Å². The smallest absolute Gasteiger partial charge is 0.130 e. The lowest BCUT2D eigenvalue weighted by atomic mass is 9.95. The van der Waals surface area contributed by atoms with Crippen LogP contribution in [0.3, 0.4) is 0 Å². The van der Waals surface area contributed by atoms with Crippen LogP contribution < -0.4 is 5.73 Å². The molecule has 0 radical (unpaired) electrons. The van der Waals surface area contributed by atoms with E-state index in [9.17, 15) is 4.39 Å². The number of benzene rings is 1. The van der Waals surface area contributed by atoms with Gasteiger partial charge >= 0.3 is 0 Å². The second kappa shape index (κ2) is 10.7. The number of rotatable bonds is 7. The molecule has 0 saturated heterocycles. The lowest BCUT2D eigenvalue weighted by Crippen LogP contribution is -2.04. The summed E-state index contributed by atoms with van der Waals surface area (Å²) >= 11 is 0. The number of hydrogen-bond donors (Lipinski definition) is 3. The fourth-order valence-electron chi connectivity index (χ4n) is 3.35. The van der Waals surface area contributed by atoms with Gasteiger partial charge in [-0.25, -0.2) is 4.39 Å². The number of nitrogens with one attached hydrogen (secondary N) is 2. The van der Waals surface area contributed by atoms with Crippen LogP contribution in [0.1, 0.15) is 81.2 Å². The fraction of sp³-hybridized carbons (Fsp3) is 0.417. The van der Waals surface area contributed by atoms with Gasteiger partial charge in [0.25, 0.3) is 0 Å². The fourth-order valence-corrected chi connectivity index (χ4v) is 3.35. The lowest BCUT2D eigenvalue weighted by molar-refractivity contribution is 0.621. The molecule has 1 fully saturated rings. The maximum Gasteiger partial charge on any atom is 0.130 e. The van der Waals surface area contributed by atoms with Gasteiger partial charge in [-0.1, -0.05) is 45.2 Å². The van der Waals surface area contributed by atoms with E-state index >= 15 is 0 Å². The van der Waals surface area contributed by atoms with Crippen molar-refractivity contribution >= 4 is 17.4 Å². The molecule has 0 atom stereocenters. The summed E-state index contributed by atoms with van der Waals surface area (Å²) in [6, 6.07) is 5.23. The molecule has 1 aliphatic rings. The second-order valence-electron chi connectivity index (χ2n) is 7.60. The SMILES string of the molecule is C/C(=C\C(N)=C(\C=N)c1[nH]ncc1C)c1c(F)cccc1C1CC1.CCCCC. The van der Waals surface area contributed by atoms with E-state index in [-0.39, 0.29) is 5.82 Å². The molecule has 156 valence electrons. The van der Waals surface area contributed by atoms with E-state index in [1.54, 1.807) is 18.3 Å². The van der Waals surface area contributed by atoms with Crippen LogP contribution in [0.4, 0.5) is 4.39 Å². The summed E-state index contributed by atoms with van der Waals surface area (Å²) in [5.41, 5.74) is 11.2. The quantitative estimate of drug-likeness (QED) is 0.376. The van der Waals surface area contributed by atoms with Crippen molar-refractivity contribution < 1.29 is 4.39 Å². The Hall–Kier alpha value is -2.69. The van der Waals surface area contributed by atoms with Crippen LogP contribution >= 0.6 is 0 Å². The van der Waals surface area contributed by atoms with E-state index < -0.39 is 0 Å². The highest BCUT2D eigenvalue weighted by Gasteiger charge is 2.27. The zero-order valence-corrected chi connectivity index (χ0v) is 18.0. The molecule has 3 rings (SSSR count). The van der Waals surface area contributed by atoms with Crippen LogP contribution in [0.15, 0.2) is 36.2 Å². The number of allylic oxidation sites excluding steroid dienone is 3. The van der Waals surface area contributed by atoms with E-state index in [1.807, 2.05) is 19.9 Å². The molecule has 0 spiro atoms. The van der Waals surface area contributed by atoms with Crippen molar-refractivity contribution in [1.82, 2.24) is 10.2 Å². The maximum atomic E-state index is 14.4. The summed E-state index contributed by atoms with van der Waals surface area (Å²) in [5, 5.41) is 14.5. The summed E-state index contributed by atoms with van der Waals surface area (Å²) in [6.45, 7) is 8.18. The van der Waals surface area contributed by atoms with E-state index in [1.165, 1.54) is 31.5 Å². The van der Waals surface area contributed by atoms with Crippen molar-refractivity contribution in [1.29, 1.82) is 5.41 Å². The van der Waals surface area contributed by atoms with Crippen molar-refractivity contribution in [2.45, 2.75) is 65.7 Å². The van der Waals surface area contributed by atoms with Crippen LogP contribution in [-0.2, 0) is 0 Å². The molecule has 0 amide bonds. The first-order valence-electron chi connectivity index (χ1n) is 10.4. The zero-order valence-electron chi connectivity index (χ0n) is 18.0. The molecular formula is C24H33FN4. The first kappa shape index (κ1) is 22.6. The highest BCUT2D eigenvalue weighted by Crippen LogP contribution is 2.43. The standard InChI is InChI=1S/C19H21FN4.C5H12/c1-11(18-14(13-6-7-13)4-3-5-16(18)20)8-17(22)15(9-21)19-12(2)10-23-24-19;1-3-5-4-2/h3-5,8-10,13,21H,6-7,22H2,1-2H3,(H,23,24);3-5H2,1-2H3/b11-8+,17-15+,21-9?;. The predicted molar refractivity (Wildman–Crippen MR) is 120 cm³/mol. The van der Waals surface area contributed by atoms with E-state index in [2.05, 4.69) is 24.0 Å². The number of halogens is 1. The van der Waals surface area contributed by atoms with Crippen LogP contribution in [0.25, 0.3) is 11.1 Å². The maximum absolute atomic E-state index is 14.4. The Bertz CT molecular complexity index is 886. The molecule has 0 bridgehead atoms. The number of nitrogens with two attached hydrogens (primary N) is 1. The summed E-state index contributed by atoms with van der Waals surface area (Å²) < 4.78 is 14.4. The van der Waals surface area contributed by atoms with Crippen molar-refractivity contribution in [2.24, 2.45) is 5.73 Å². The van der Waals surface area contributed by atoms with Gasteiger partial charge < -0.3 is 11.1 Å². The largest absolute Gasteiger partial charge is 0.398 e. The van der Waals surface area contributed by atoms with E-state index in [0.29, 0.717) is 28.4 Å². The second-order valence-corrected chi connectivity index (χ2v) is 7.60. The van der Waals surface area contributed by atoms with Gasteiger partial charge in [0.2, 0.25) is 0 Å².